The van der Waals surface area contributed by atoms with Gasteiger partial charge in [-0.1, -0.05) is 0 Å². The first-order valence-electron chi connectivity index (χ1n) is 7.19. The van der Waals surface area contributed by atoms with Crippen LogP contribution in [0.15, 0.2) is 0 Å². The summed E-state index contributed by atoms with van der Waals surface area (Å²) in [6, 6.07) is -2.15. The summed E-state index contributed by atoms with van der Waals surface area (Å²) < 4.78 is 22.2. The number of hydrogen-bond donors (Lipinski definition) is 10. The molecule has 0 aromatic heterocycles. The maximum absolute atomic E-state index is 11.5. The Labute approximate surface area is 168 Å². The molecule has 0 aromatic rings. The van der Waals surface area contributed by atoms with Gasteiger partial charge in [-0.25, -0.2) is 9.13 Å². The number of amides is 2. The predicted molar refractivity (Wildman–Crippen MR) is 96.4 cm³/mol. The minimum absolute atomic E-state index is 0.0256. The predicted octanol–water partition coefficient (Wildman–Crippen LogP) is -3.02. The van der Waals surface area contributed by atoms with E-state index in [2.05, 4.69) is 27.6 Å². The van der Waals surface area contributed by atoms with Crippen LogP contribution in [0.2, 0.25) is 0 Å². The SMILES string of the molecule is NC(CCC(=O)NC(CS)C(=O)NCC(=O)O)C(=O)O.O=P(O)(O)OP(=O)(O)O. The number of nitrogens with one attached hydrogen (secondary N) is 2. The molecule has 10 N–H and O–H groups in total. The van der Waals surface area contributed by atoms with E-state index in [-0.39, 0.29) is 18.6 Å². The van der Waals surface area contributed by atoms with E-state index in [1.165, 1.54) is 0 Å². The average molecular weight is 485 g/mol. The minimum Gasteiger partial charge on any atom is -0.480 e. The average Bonchev–Trinajstić information content (AvgIpc) is 2.52. The minimum atomic E-state index is -5.05. The second-order valence-electron chi connectivity index (χ2n) is 4.96. The van der Waals surface area contributed by atoms with Gasteiger partial charge in [-0.15, -0.1) is 0 Å². The third kappa shape index (κ3) is 19.5. The smallest absolute Gasteiger partial charge is 0.478 e. The highest BCUT2D eigenvalue weighted by Crippen LogP contribution is 2.53. The van der Waals surface area contributed by atoms with Crippen LogP contribution in [0.5, 0.6) is 0 Å². The number of hydrogen-bond acceptors (Lipinski definition) is 9. The molecule has 0 aliphatic heterocycles. The third-order valence-corrected chi connectivity index (χ3v) is 4.53. The summed E-state index contributed by atoms with van der Waals surface area (Å²) in [5.74, 6) is -3.70. The quantitative estimate of drug-likeness (QED) is 0.103. The number of phosphoric acid groups is 2. The van der Waals surface area contributed by atoms with Gasteiger partial charge in [0, 0.05) is 12.2 Å². The summed E-state index contributed by atoms with van der Waals surface area (Å²) in [5.41, 5.74) is 5.23. The van der Waals surface area contributed by atoms with Crippen LogP contribution in [0, 0.1) is 0 Å². The molecule has 16 nitrogen and oxygen atoms in total. The number of thiol groups is 1. The van der Waals surface area contributed by atoms with Gasteiger partial charge in [0.15, 0.2) is 0 Å². The van der Waals surface area contributed by atoms with Crippen molar-refractivity contribution in [2.75, 3.05) is 12.3 Å². The molecule has 29 heavy (non-hydrogen) atoms. The Morgan fingerprint density at radius 3 is 1.83 bits per heavy atom. The van der Waals surface area contributed by atoms with Crippen molar-refractivity contribution >= 4 is 52.0 Å². The molecule has 0 bridgehead atoms. The van der Waals surface area contributed by atoms with Crippen molar-refractivity contribution in [1.29, 1.82) is 0 Å². The van der Waals surface area contributed by atoms with Crippen molar-refractivity contribution < 1.29 is 62.4 Å². The molecule has 2 unspecified atom stereocenters. The zero-order valence-electron chi connectivity index (χ0n) is 14.4. The van der Waals surface area contributed by atoms with Crippen LogP contribution in [-0.2, 0) is 32.6 Å². The number of nitrogens with two attached hydrogens (primary N) is 1. The van der Waals surface area contributed by atoms with Gasteiger partial charge in [0.05, 0.1) is 0 Å². The summed E-state index contributed by atoms with van der Waals surface area (Å²) in [4.78, 5) is 74.7. The fourth-order valence-electron chi connectivity index (χ4n) is 1.30. The molecule has 0 aliphatic carbocycles. The molecule has 0 radical (unpaired) electrons. The van der Waals surface area contributed by atoms with Gasteiger partial charge in [-0.05, 0) is 6.42 Å². The lowest BCUT2D eigenvalue weighted by atomic mass is 10.1. The summed E-state index contributed by atoms with van der Waals surface area (Å²) in [6.45, 7) is -0.567. The zero-order chi connectivity index (χ0) is 23.4. The monoisotopic (exact) mass is 485 g/mol. The fourth-order valence-corrected chi connectivity index (χ4v) is 2.66. The second kappa shape index (κ2) is 13.6. The number of carbonyl (C=O) groups is 4. The number of carbonyl (C=O) groups excluding carboxylic acids is 2. The maximum Gasteiger partial charge on any atom is 0.478 e. The Balaban J connectivity index is 0. The van der Waals surface area contributed by atoms with E-state index in [1.54, 1.807) is 0 Å². The van der Waals surface area contributed by atoms with E-state index in [9.17, 15) is 28.3 Å². The molecule has 0 heterocycles. The van der Waals surface area contributed by atoms with Gasteiger partial charge >= 0.3 is 27.6 Å². The van der Waals surface area contributed by atoms with Crippen LogP contribution in [0.3, 0.4) is 0 Å². The van der Waals surface area contributed by atoms with E-state index in [0.717, 1.165) is 0 Å². The molecule has 0 spiro atoms. The fraction of sp³-hybridized carbons (Fsp3) is 0.600. The highest BCUT2D eigenvalue weighted by atomic mass is 32.1. The molecule has 170 valence electrons. The van der Waals surface area contributed by atoms with Crippen LogP contribution >= 0.6 is 28.3 Å². The van der Waals surface area contributed by atoms with E-state index in [0.29, 0.717) is 0 Å². The zero-order valence-corrected chi connectivity index (χ0v) is 17.1. The first-order valence-corrected chi connectivity index (χ1v) is 10.9. The van der Waals surface area contributed by atoms with Crippen molar-refractivity contribution in [3.63, 3.8) is 0 Å². The molecule has 0 fully saturated rings. The topological polar surface area (TPSA) is 283 Å². The van der Waals surface area contributed by atoms with E-state index < -0.39 is 58.0 Å². The van der Waals surface area contributed by atoms with E-state index in [4.69, 9.17) is 35.5 Å². The van der Waals surface area contributed by atoms with Gasteiger partial charge in [0.1, 0.15) is 18.6 Å². The second-order valence-corrected chi connectivity index (χ2v) is 7.94. The standard InChI is InChI=1S/C10H17N3O6S.H4O7P2/c11-5(10(18)19)1-2-7(14)13-6(4-20)9(17)12-3-8(15)16;1-8(2,3)7-9(4,5)6/h5-6,20H,1-4,11H2,(H,12,17)(H,13,14)(H,15,16)(H,18,19);(H2,1,2,3)(H2,4,5,6). The molecular weight excluding hydrogens is 464 g/mol. The molecular formula is C10H21N3O13P2S. The Morgan fingerprint density at radius 2 is 1.52 bits per heavy atom. The van der Waals surface area contributed by atoms with Crippen molar-refractivity contribution in [2.24, 2.45) is 5.73 Å². The number of carboxylic acid groups (broad SMARTS) is 2. The molecule has 0 rings (SSSR count). The third-order valence-electron chi connectivity index (χ3n) is 2.46. The first-order chi connectivity index (χ1) is 13.0. The van der Waals surface area contributed by atoms with Crippen molar-refractivity contribution in [3.05, 3.63) is 0 Å². The molecule has 0 saturated carbocycles. The molecule has 0 saturated heterocycles. The summed E-state index contributed by atoms with van der Waals surface area (Å²) in [5, 5.41) is 21.4. The van der Waals surface area contributed by atoms with Crippen LogP contribution in [0.25, 0.3) is 0 Å². The van der Waals surface area contributed by atoms with Gasteiger partial charge in [0.25, 0.3) is 0 Å². The van der Waals surface area contributed by atoms with Crippen molar-refractivity contribution in [2.45, 2.75) is 24.9 Å². The van der Waals surface area contributed by atoms with Gasteiger partial charge in [-0.2, -0.15) is 16.9 Å². The lowest BCUT2D eigenvalue weighted by Crippen LogP contribution is -2.49. The lowest BCUT2D eigenvalue weighted by molar-refractivity contribution is -0.139. The Hall–Kier alpha value is -1.55. The number of carboxylic acids is 2. The molecule has 0 aliphatic rings. The Kier molecular flexibility index (Phi) is 13.9. The molecule has 2 amide bonds. The normalized spacial score (nSPS) is 13.3. The van der Waals surface area contributed by atoms with Crippen LogP contribution in [0.1, 0.15) is 12.8 Å². The highest BCUT2D eigenvalue weighted by Gasteiger charge is 2.28. The Morgan fingerprint density at radius 1 is 1.03 bits per heavy atom. The first kappa shape index (κ1) is 29.6. The Bertz CT molecular complexity index is 658. The summed E-state index contributed by atoms with van der Waals surface area (Å²) in [6.07, 6.45) is -0.235. The van der Waals surface area contributed by atoms with Gasteiger partial charge in [0.2, 0.25) is 11.8 Å². The molecule has 19 heteroatoms. The van der Waals surface area contributed by atoms with Crippen molar-refractivity contribution in [3.8, 4) is 0 Å². The largest absolute Gasteiger partial charge is 0.480 e. The van der Waals surface area contributed by atoms with Gasteiger partial charge < -0.3 is 46.2 Å². The maximum atomic E-state index is 11.5. The van der Waals surface area contributed by atoms with Crippen molar-refractivity contribution in [1.82, 2.24) is 10.6 Å². The van der Waals surface area contributed by atoms with E-state index >= 15 is 0 Å². The molecule has 0 aromatic carbocycles. The van der Waals surface area contributed by atoms with Crippen LogP contribution in [-0.4, -0.2) is 77.9 Å². The van der Waals surface area contributed by atoms with Crippen LogP contribution in [0.4, 0.5) is 0 Å². The summed E-state index contributed by atoms with van der Waals surface area (Å²) >= 11 is 3.87. The highest BCUT2D eigenvalue weighted by molar-refractivity contribution is 7.80. The number of rotatable bonds is 11. The molecule has 2 atom stereocenters. The van der Waals surface area contributed by atoms with E-state index in [1.807, 2.05) is 0 Å². The van der Waals surface area contributed by atoms with Crippen LogP contribution < -0.4 is 16.4 Å². The lowest BCUT2D eigenvalue weighted by Gasteiger charge is -2.16. The van der Waals surface area contributed by atoms with Gasteiger partial charge in [-0.3, -0.25) is 19.2 Å². The number of aliphatic carboxylic acids is 2. The summed E-state index contributed by atoms with van der Waals surface area (Å²) in [7, 11) is -10.1.